The molecule has 0 heterocycles. The number of hydrogen-bond acceptors (Lipinski definition) is 2. The normalized spacial score (nSPS) is 11.0. The Hall–Kier alpha value is -0.670. The van der Waals surface area contributed by atoms with Crippen molar-refractivity contribution in [3.8, 4) is 0 Å². The molecule has 0 bridgehead atoms. The quantitative estimate of drug-likeness (QED) is 0.675. The standard InChI is InChI=1S/C17H19Cl2NS/c1-2-21-12-11-20-17(13-3-7-15(18)8-4-13)14-5-9-16(19)10-6-14/h3-10,17,20H,2,11-12H2,1H3. The van der Waals surface area contributed by atoms with Crippen molar-refractivity contribution in [3.63, 3.8) is 0 Å². The van der Waals surface area contributed by atoms with Gasteiger partial charge in [-0.3, -0.25) is 0 Å². The lowest BCUT2D eigenvalue weighted by atomic mass is 9.99. The van der Waals surface area contributed by atoms with E-state index in [0.29, 0.717) is 0 Å². The number of nitrogens with one attached hydrogen (secondary N) is 1. The topological polar surface area (TPSA) is 12.0 Å². The van der Waals surface area contributed by atoms with Crippen LogP contribution in [0.1, 0.15) is 24.1 Å². The Morgan fingerprint density at radius 1 is 0.905 bits per heavy atom. The Morgan fingerprint density at radius 2 is 1.38 bits per heavy atom. The summed E-state index contributed by atoms with van der Waals surface area (Å²) in [6.45, 7) is 3.15. The fourth-order valence-corrected chi connectivity index (χ4v) is 2.96. The van der Waals surface area contributed by atoms with Gasteiger partial charge in [0.1, 0.15) is 0 Å². The zero-order valence-corrected chi connectivity index (χ0v) is 14.3. The molecule has 112 valence electrons. The van der Waals surface area contributed by atoms with Crippen LogP contribution in [0.15, 0.2) is 48.5 Å². The molecule has 0 fully saturated rings. The van der Waals surface area contributed by atoms with Gasteiger partial charge < -0.3 is 5.32 Å². The molecule has 0 spiro atoms. The van der Waals surface area contributed by atoms with Crippen molar-refractivity contribution in [3.05, 3.63) is 69.7 Å². The molecule has 0 atom stereocenters. The highest BCUT2D eigenvalue weighted by atomic mass is 35.5. The molecule has 0 unspecified atom stereocenters. The molecule has 0 aliphatic carbocycles. The molecule has 0 amide bonds. The van der Waals surface area contributed by atoms with E-state index in [1.54, 1.807) is 0 Å². The summed E-state index contributed by atoms with van der Waals surface area (Å²) in [4.78, 5) is 0. The third kappa shape index (κ3) is 5.23. The molecule has 0 aliphatic heterocycles. The summed E-state index contributed by atoms with van der Waals surface area (Å²) in [5.41, 5.74) is 2.42. The molecule has 2 aromatic rings. The predicted molar refractivity (Wildman–Crippen MR) is 95.7 cm³/mol. The Kier molecular flexibility index (Phi) is 6.91. The monoisotopic (exact) mass is 339 g/mol. The number of halogens is 2. The van der Waals surface area contributed by atoms with E-state index < -0.39 is 0 Å². The van der Waals surface area contributed by atoms with Crippen molar-refractivity contribution in [1.29, 1.82) is 0 Å². The van der Waals surface area contributed by atoms with Gasteiger partial charge >= 0.3 is 0 Å². The third-order valence-corrected chi connectivity index (χ3v) is 4.61. The SMILES string of the molecule is CCSCCNC(c1ccc(Cl)cc1)c1ccc(Cl)cc1. The second-order valence-corrected chi connectivity index (χ2v) is 6.95. The van der Waals surface area contributed by atoms with Gasteiger partial charge in [-0.1, -0.05) is 54.4 Å². The highest BCUT2D eigenvalue weighted by molar-refractivity contribution is 7.99. The highest BCUT2D eigenvalue weighted by Gasteiger charge is 2.13. The van der Waals surface area contributed by atoms with Crippen LogP contribution < -0.4 is 5.32 Å². The number of benzene rings is 2. The molecule has 2 aromatic carbocycles. The molecular weight excluding hydrogens is 321 g/mol. The van der Waals surface area contributed by atoms with Gasteiger partial charge in [0.05, 0.1) is 6.04 Å². The van der Waals surface area contributed by atoms with Crippen molar-refractivity contribution < 1.29 is 0 Å². The van der Waals surface area contributed by atoms with E-state index >= 15 is 0 Å². The molecule has 0 saturated heterocycles. The van der Waals surface area contributed by atoms with Gasteiger partial charge in [-0.2, -0.15) is 11.8 Å². The minimum absolute atomic E-state index is 0.164. The fraction of sp³-hybridized carbons (Fsp3) is 0.294. The van der Waals surface area contributed by atoms with Gasteiger partial charge in [0.15, 0.2) is 0 Å². The van der Waals surface area contributed by atoms with E-state index in [2.05, 4.69) is 36.5 Å². The minimum Gasteiger partial charge on any atom is -0.305 e. The second-order valence-electron chi connectivity index (χ2n) is 4.69. The Labute approximate surface area is 141 Å². The van der Waals surface area contributed by atoms with Crippen LogP contribution in [0, 0.1) is 0 Å². The van der Waals surface area contributed by atoms with E-state index in [9.17, 15) is 0 Å². The lowest BCUT2D eigenvalue weighted by Crippen LogP contribution is -2.24. The average molecular weight is 340 g/mol. The summed E-state index contributed by atoms with van der Waals surface area (Å²) in [6, 6.07) is 16.2. The summed E-state index contributed by atoms with van der Waals surface area (Å²) in [6.07, 6.45) is 0. The summed E-state index contributed by atoms with van der Waals surface area (Å²) < 4.78 is 0. The Bertz CT molecular complexity index is 494. The smallest absolute Gasteiger partial charge is 0.0577 e. The molecule has 0 aromatic heterocycles. The van der Waals surface area contributed by atoms with Crippen LogP contribution in [0.2, 0.25) is 10.0 Å². The first-order chi connectivity index (χ1) is 10.2. The zero-order chi connectivity index (χ0) is 15.1. The summed E-state index contributed by atoms with van der Waals surface area (Å²) >= 11 is 13.9. The average Bonchev–Trinajstić information content (AvgIpc) is 2.50. The third-order valence-electron chi connectivity index (χ3n) is 3.21. The van der Waals surface area contributed by atoms with E-state index in [-0.39, 0.29) is 6.04 Å². The molecule has 0 saturated carbocycles. The maximum Gasteiger partial charge on any atom is 0.0577 e. The van der Waals surface area contributed by atoms with Crippen LogP contribution in [0.3, 0.4) is 0 Å². The number of rotatable bonds is 7. The summed E-state index contributed by atoms with van der Waals surface area (Å²) in [5, 5.41) is 5.14. The maximum atomic E-state index is 5.99. The van der Waals surface area contributed by atoms with Crippen molar-refractivity contribution in [2.24, 2.45) is 0 Å². The number of thioether (sulfide) groups is 1. The first-order valence-electron chi connectivity index (χ1n) is 7.02. The lowest BCUT2D eigenvalue weighted by Gasteiger charge is -2.20. The molecule has 0 aliphatic rings. The Morgan fingerprint density at radius 3 is 1.81 bits per heavy atom. The van der Waals surface area contributed by atoms with Gasteiger partial charge in [-0.05, 0) is 41.1 Å². The predicted octanol–water partition coefficient (Wildman–Crippen LogP) is 5.43. The van der Waals surface area contributed by atoms with Crippen LogP contribution in [-0.2, 0) is 0 Å². The van der Waals surface area contributed by atoms with Crippen molar-refractivity contribution in [1.82, 2.24) is 5.32 Å². The van der Waals surface area contributed by atoms with Gasteiger partial charge in [0.2, 0.25) is 0 Å². The molecular formula is C17H19Cl2NS. The van der Waals surface area contributed by atoms with E-state index in [1.807, 2.05) is 36.0 Å². The molecule has 4 heteroatoms. The van der Waals surface area contributed by atoms with Crippen LogP contribution in [0.5, 0.6) is 0 Å². The molecule has 1 N–H and O–H groups in total. The zero-order valence-electron chi connectivity index (χ0n) is 12.0. The molecule has 1 nitrogen and oxygen atoms in total. The van der Waals surface area contributed by atoms with E-state index in [0.717, 1.165) is 28.1 Å². The molecule has 21 heavy (non-hydrogen) atoms. The molecule has 2 rings (SSSR count). The van der Waals surface area contributed by atoms with Gasteiger partial charge in [-0.25, -0.2) is 0 Å². The lowest BCUT2D eigenvalue weighted by molar-refractivity contribution is 0.634. The number of hydrogen-bond donors (Lipinski definition) is 1. The second kappa shape index (κ2) is 8.70. The fourth-order valence-electron chi connectivity index (χ4n) is 2.16. The van der Waals surface area contributed by atoms with Crippen LogP contribution in [0.25, 0.3) is 0 Å². The Balaban J connectivity index is 2.17. The summed E-state index contributed by atoms with van der Waals surface area (Å²) in [5.74, 6) is 2.25. The van der Waals surface area contributed by atoms with Crippen LogP contribution in [0.4, 0.5) is 0 Å². The largest absolute Gasteiger partial charge is 0.305 e. The first-order valence-corrected chi connectivity index (χ1v) is 8.94. The van der Waals surface area contributed by atoms with E-state index in [1.165, 1.54) is 11.1 Å². The van der Waals surface area contributed by atoms with E-state index in [4.69, 9.17) is 23.2 Å². The van der Waals surface area contributed by atoms with Gasteiger partial charge in [-0.15, -0.1) is 0 Å². The van der Waals surface area contributed by atoms with Crippen molar-refractivity contribution in [2.75, 3.05) is 18.1 Å². The maximum absolute atomic E-state index is 5.99. The van der Waals surface area contributed by atoms with Crippen LogP contribution >= 0.6 is 35.0 Å². The van der Waals surface area contributed by atoms with Crippen molar-refractivity contribution >= 4 is 35.0 Å². The minimum atomic E-state index is 0.164. The van der Waals surface area contributed by atoms with Gasteiger partial charge in [0, 0.05) is 22.3 Å². The van der Waals surface area contributed by atoms with Gasteiger partial charge in [0.25, 0.3) is 0 Å². The highest BCUT2D eigenvalue weighted by Crippen LogP contribution is 2.25. The van der Waals surface area contributed by atoms with Crippen molar-refractivity contribution in [2.45, 2.75) is 13.0 Å². The first kappa shape index (κ1) is 16.7. The molecule has 0 radical (unpaired) electrons. The summed E-state index contributed by atoms with van der Waals surface area (Å²) in [7, 11) is 0. The van der Waals surface area contributed by atoms with Crippen LogP contribution in [-0.4, -0.2) is 18.1 Å².